The first-order chi connectivity index (χ1) is 20.2. The number of carbonyl (C=O) groups is 3. The second kappa shape index (κ2) is 12.3. The minimum absolute atomic E-state index is 0.0311. The van der Waals surface area contributed by atoms with Crippen molar-refractivity contribution in [3.05, 3.63) is 95.3 Å². The van der Waals surface area contributed by atoms with Gasteiger partial charge in [0, 0.05) is 19.7 Å². The van der Waals surface area contributed by atoms with E-state index in [0.717, 1.165) is 12.8 Å². The Hall–Kier alpha value is -4.29. The third kappa shape index (κ3) is 6.00. The summed E-state index contributed by atoms with van der Waals surface area (Å²) in [7, 11) is -2.78. The van der Waals surface area contributed by atoms with Crippen LogP contribution in [-0.4, -0.2) is 68.3 Å². The zero-order chi connectivity index (χ0) is 29.9. The Kier molecular flexibility index (Phi) is 8.55. The Morgan fingerprint density at radius 2 is 1.81 bits per heavy atom. The Morgan fingerprint density at radius 3 is 2.45 bits per heavy atom. The minimum Gasteiger partial charge on any atom is -0.497 e. The smallest absolute Gasteiger partial charge is 0.269 e. The average Bonchev–Trinajstić information content (AvgIpc) is 3.58. The molecular formula is C30H30FN3O7S. The summed E-state index contributed by atoms with van der Waals surface area (Å²) in [5, 5.41) is 2.84. The lowest BCUT2D eigenvalue weighted by Gasteiger charge is -2.33. The van der Waals surface area contributed by atoms with E-state index in [0.29, 0.717) is 27.8 Å². The first kappa shape index (κ1) is 29.2. The van der Waals surface area contributed by atoms with Crippen LogP contribution in [0.1, 0.15) is 40.4 Å². The molecule has 0 bridgehead atoms. The number of hydrogen-bond acceptors (Lipinski definition) is 7. The maximum atomic E-state index is 14.0. The number of ether oxygens (including phenoxy) is 2. The zero-order valence-corrected chi connectivity index (χ0v) is 23.7. The molecule has 3 amide bonds. The largest absolute Gasteiger partial charge is 0.497 e. The van der Waals surface area contributed by atoms with Crippen molar-refractivity contribution in [2.75, 3.05) is 26.8 Å². The summed E-state index contributed by atoms with van der Waals surface area (Å²) in [6.45, 7) is -0.157. The fraction of sp³-hybridized carbons (Fsp3) is 0.300. The number of hydrogen-bond donors (Lipinski definition) is 1. The molecule has 5 rings (SSSR count). The first-order valence-corrected chi connectivity index (χ1v) is 14.9. The van der Waals surface area contributed by atoms with Crippen LogP contribution in [-0.2, 0) is 30.9 Å². The van der Waals surface area contributed by atoms with Gasteiger partial charge in [-0.25, -0.2) is 17.1 Å². The maximum Gasteiger partial charge on any atom is 0.269 e. The molecule has 3 aromatic rings. The molecule has 2 unspecified atom stereocenters. The van der Waals surface area contributed by atoms with E-state index in [2.05, 4.69) is 5.32 Å². The van der Waals surface area contributed by atoms with Gasteiger partial charge in [0.05, 0.1) is 18.8 Å². The van der Waals surface area contributed by atoms with Crippen LogP contribution in [0.5, 0.6) is 5.75 Å². The number of benzene rings is 3. The van der Waals surface area contributed by atoms with Gasteiger partial charge in [-0.05, 0) is 60.4 Å². The molecule has 1 fully saturated rings. The molecule has 220 valence electrons. The molecule has 0 radical (unpaired) electrons. The normalized spacial score (nSPS) is 17.9. The second-order valence-corrected chi connectivity index (χ2v) is 11.8. The van der Waals surface area contributed by atoms with Crippen LogP contribution in [0, 0.1) is 5.82 Å². The van der Waals surface area contributed by atoms with Crippen LogP contribution in [0.25, 0.3) is 0 Å². The number of carbonyl (C=O) groups excluding carboxylic acids is 3. The fourth-order valence-corrected chi connectivity index (χ4v) is 6.60. The van der Waals surface area contributed by atoms with Crippen molar-refractivity contribution in [2.24, 2.45) is 0 Å². The summed E-state index contributed by atoms with van der Waals surface area (Å²) >= 11 is 0. The molecule has 42 heavy (non-hydrogen) atoms. The van der Waals surface area contributed by atoms with Crippen LogP contribution < -0.4 is 10.1 Å². The van der Waals surface area contributed by atoms with Crippen molar-refractivity contribution < 1.29 is 36.7 Å². The molecular weight excluding hydrogens is 565 g/mol. The van der Waals surface area contributed by atoms with Gasteiger partial charge in [-0.1, -0.05) is 36.4 Å². The summed E-state index contributed by atoms with van der Waals surface area (Å²) in [5.74, 6) is -2.14. The maximum absolute atomic E-state index is 14.0. The average molecular weight is 596 g/mol. The Bertz CT molecular complexity index is 1570. The molecule has 1 saturated heterocycles. The van der Waals surface area contributed by atoms with E-state index in [4.69, 9.17) is 9.47 Å². The Labute approximate surface area is 243 Å². The van der Waals surface area contributed by atoms with Gasteiger partial charge in [0.1, 0.15) is 29.0 Å². The van der Waals surface area contributed by atoms with Gasteiger partial charge in [0.2, 0.25) is 11.8 Å². The van der Waals surface area contributed by atoms with E-state index in [1.165, 1.54) is 60.5 Å². The molecule has 2 atom stereocenters. The molecule has 2 aliphatic rings. The summed E-state index contributed by atoms with van der Waals surface area (Å²) in [6, 6.07) is 16.4. The number of nitrogens with one attached hydrogen (secondary N) is 1. The van der Waals surface area contributed by atoms with Gasteiger partial charge in [0.25, 0.3) is 15.9 Å². The van der Waals surface area contributed by atoms with Gasteiger partial charge < -0.3 is 19.7 Å². The van der Waals surface area contributed by atoms with Gasteiger partial charge in [-0.3, -0.25) is 14.4 Å². The highest BCUT2D eigenvalue weighted by Crippen LogP contribution is 2.31. The SMILES string of the molecule is COc1ccc(CN(C(=O)CN2C(=O)c3ccccc3S2(=O)=O)C(C(=O)NCC2CCCO2)c2ccc(F)cc2)cc1. The Morgan fingerprint density at radius 1 is 1.10 bits per heavy atom. The van der Waals surface area contributed by atoms with E-state index in [1.54, 1.807) is 24.3 Å². The third-order valence-corrected chi connectivity index (χ3v) is 9.08. The quantitative estimate of drug-likeness (QED) is 0.382. The number of rotatable bonds is 10. The van der Waals surface area contributed by atoms with E-state index in [-0.39, 0.29) is 29.7 Å². The van der Waals surface area contributed by atoms with E-state index >= 15 is 0 Å². The lowest BCUT2D eigenvalue weighted by molar-refractivity contribution is -0.141. The number of amides is 3. The van der Waals surface area contributed by atoms with Crippen molar-refractivity contribution >= 4 is 27.7 Å². The molecule has 2 heterocycles. The molecule has 10 nitrogen and oxygen atoms in total. The number of methoxy groups -OCH3 is 1. The summed E-state index contributed by atoms with van der Waals surface area (Å²) in [4.78, 5) is 41.9. The number of fused-ring (bicyclic) bond motifs is 1. The molecule has 0 spiro atoms. The standard InChI is InChI=1S/C30H30FN3O7S/c1-40-23-14-8-20(9-15-23)18-33(27(35)19-34-30(37)25-6-2-3-7-26(25)42(34,38)39)28(21-10-12-22(31)13-11-21)29(36)32-17-24-5-4-16-41-24/h2-3,6-15,24,28H,4-5,16-19H2,1H3,(H,32,36). The van der Waals surface area contributed by atoms with E-state index in [1.807, 2.05) is 0 Å². The molecule has 2 aliphatic heterocycles. The van der Waals surface area contributed by atoms with Crippen LogP contribution >= 0.6 is 0 Å². The lowest BCUT2D eigenvalue weighted by Crippen LogP contribution is -2.48. The highest BCUT2D eigenvalue weighted by Gasteiger charge is 2.43. The summed E-state index contributed by atoms with van der Waals surface area (Å²) in [6.07, 6.45) is 1.45. The van der Waals surface area contributed by atoms with Gasteiger partial charge in [-0.2, -0.15) is 0 Å². The number of sulfonamides is 1. The fourth-order valence-electron chi connectivity index (χ4n) is 5.09. The first-order valence-electron chi connectivity index (χ1n) is 13.4. The topological polar surface area (TPSA) is 122 Å². The zero-order valence-electron chi connectivity index (χ0n) is 22.9. The molecule has 3 aromatic carbocycles. The predicted octanol–water partition coefficient (Wildman–Crippen LogP) is 3.04. The number of halogens is 1. The van der Waals surface area contributed by atoms with E-state index < -0.39 is 46.1 Å². The summed E-state index contributed by atoms with van der Waals surface area (Å²) in [5.41, 5.74) is 0.889. The Balaban J connectivity index is 1.50. The van der Waals surface area contributed by atoms with Gasteiger partial charge >= 0.3 is 0 Å². The van der Waals surface area contributed by atoms with Crippen LogP contribution in [0.4, 0.5) is 4.39 Å². The van der Waals surface area contributed by atoms with Crippen LogP contribution in [0.2, 0.25) is 0 Å². The number of nitrogens with zero attached hydrogens (tertiary/aromatic N) is 2. The lowest BCUT2D eigenvalue weighted by atomic mass is 10.0. The van der Waals surface area contributed by atoms with E-state index in [9.17, 15) is 27.2 Å². The van der Waals surface area contributed by atoms with Crippen LogP contribution in [0.15, 0.2) is 77.7 Å². The second-order valence-electron chi connectivity index (χ2n) is 10.0. The molecule has 12 heteroatoms. The van der Waals surface area contributed by atoms with Crippen molar-refractivity contribution in [2.45, 2.75) is 36.4 Å². The predicted molar refractivity (Wildman–Crippen MR) is 149 cm³/mol. The molecule has 0 aliphatic carbocycles. The third-order valence-electron chi connectivity index (χ3n) is 7.30. The molecule has 0 saturated carbocycles. The highest BCUT2D eigenvalue weighted by molar-refractivity contribution is 7.90. The minimum atomic E-state index is -4.29. The monoisotopic (exact) mass is 595 g/mol. The molecule has 1 N–H and O–H groups in total. The van der Waals surface area contributed by atoms with Crippen molar-refractivity contribution in [1.82, 2.24) is 14.5 Å². The molecule has 0 aromatic heterocycles. The van der Waals surface area contributed by atoms with Crippen LogP contribution in [0.3, 0.4) is 0 Å². The van der Waals surface area contributed by atoms with Gasteiger partial charge in [0.15, 0.2) is 0 Å². The van der Waals surface area contributed by atoms with Crippen molar-refractivity contribution in [3.63, 3.8) is 0 Å². The van der Waals surface area contributed by atoms with Crippen molar-refractivity contribution in [3.8, 4) is 5.75 Å². The van der Waals surface area contributed by atoms with Gasteiger partial charge in [-0.15, -0.1) is 0 Å². The highest BCUT2D eigenvalue weighted by atomic mass is 32.2. The summed E-state index contributed by atoms with van der Waals surface area (Å²) < 4.78 is 51.7. The van der Waals surface area contributed by atoms with Crippen molar-refractivity contribution in [1.29, 1.82) is 0 Å².